The molecule has 0 heterocycles. The average molecular weight is 252 g/mol. The Hall–Kier alpha value is -1.43. The van der Waals surface area contributed by atoms with Gasteiger partial charge in [0.05, 0.1) is 25.7 Å². The van der Waals surface area contributed by atoms with Crippen molar-refractivity contribution in [3.8, 4) is 0 Å². The van der Waals surface area contributed by atoms with Gasteiger partial charge in [-0.1, -0.05) is 24.3 Å². The Morgan fingerprint density at radius 3 is 2.67 bits per heavy atom. The highest BCUT2D eigenvalue weighted by Crippen LogP contribution is 2.12. The first-order valence-electron chi connectivity index (χ1n) is 5.84. The number of benzene rings is 1. The minimum Gasteiger partial charge on any atom is -0.382 e. The predicted molar refractivity (Wildman–Crippen MR) is 68.6 cm³/mol. The summed E-state index contributed by atoms with van der Waals surface area (Å²) in [6, 6.07) is 7.65. The van der Waals surface area contributed by atoms with E-state index in [0.717, 1.165) is 11.1 Å². The highest BCUT2D eigenvalue weighted by Gasteiger charge is 2.08. The van der Waals surface area contributed by atoms with Gasteiger partial charge in [0.2, 0.25) is 5.91 Å². The monoisotopic (exact) mass is 252 g/mol. The molecule has 0 saturated heterocycles. The zero-order valence-corrected chi connectivity index (χ0v) is 10.8. The van der Waals surface area contributed by atoms with Crippen LogP contribution in [0.1, 0.15) is 18.1 Å². The van der Waals surface area contributed by atoms with E-state index in [2.05, 4.69) is 5.43 Å². The van der Waals surface area contributed by atoms with E-state index in [0.29, 0.717) is 13.2 Å². The molecule has 3 N–H and O–H groups in total. The van der Waals surface area contributed by atoms with E-state index < -0.39 is 0 Å². The van der Waals surface area contributed by atoms with Crippen molar-refractivity contribution in [1.29, 1.82) is 0 Å². The molecule has 5 nitrogen and oxygen atoms in total. The van der Waals surface area contributed by atoms with Gasteiger partial charge in [0.15, 0.2) is 0 Å². The van der Waals surface area contributed by atoms with E-state index in [4.69, 9.17) is 15.3 Å². The van der Waals surface area contributed by atoms with Crippen molar-refractivity contribution in [2.45, 2.75) is 26.1 Å². The molecule has 0 fully saturated rings. The van der Waals surface area contributed by atoms with Crippen LogP contribution >= 0.6 is 0 Å². The summed E-state index contributed by atoms with van der Waals surface area (Å²) in [5, 5.41) is 0. The Balaban J connectivity index is 2.61. The fourth-order valence-electron chi connectivity index (χ4n) is 1.61. The Labute approximate surface area is 107 Å². The quantitative estimate of drug-likeness (QED) is 0.427. The third-order valence-electron chi connectivity index (χ3n) is 2.56. The predicted octanol–water partition coefficient (Wildman–Crippen LogP) is 0.771. The van der Waals surface area contributed by atoms with E-state index >= 15 is 0 Å². The van der Waals surface area contributed by atoms with Crippen LogP contribution in [0.15, 0.2) is 24.3 Å². The topological polar surface area (TPSA) is 73.6 Å². The molecule has 1 atom stereocenters. The molecule has 1 rings (SSSR count). The molecular weight excluding hydrogens is 232 g/mol. The Bertz CT molecular complexity index is 382. The summed E-state index contributed by atoms with van der Waals surface area (Å²) in [4.78, 5) is 11.3. The molecule has 1 aromatic carbocycles. The maximum absolute atomic E-state index is 11.3. The van der Waals surface area contributed by atoms with Crippen molar-refractivity contribution in [3.05, 3.63) is 35.4 Å². The lowest BCUT2D eigenvalue weighted by molar-refractivity contribution is -0.120. The Kier molecular flexibility index (Phi) is 6.35. The second kappa shape index (κ2) is 7.81. The van der Waals surface area contributed by atoms with Gasteiger partial charge in [-0.05, 0) is 18.1 Å². The second-order valence-electron chi connectivity index (χ2n) is 4.09. The number of carbonyl (C=O) groups excluding carboxylic acids is 1. The third-order valence-corrected chi connectivity index (χ3v) is 2.56. The minimum absolute atomic E-state index is 0.0198. The first kappa shape index (κ1) is 14.6. The van der Waals surface area contributed by atoms with E-state index in [9.17, 15) is 4.79 Å². The molecule has 0 spiro atoms. The summed E-state index contributed by atoms with van der Waals surface area (Å²) >= 11 is 0. The molecule has 0 bridgehead atoms. The molecule has 0 aromatic heterocycles. The highest BCUT2D eigenvalue weighted by atomic mass is 16.5. The standard InChI is InChI=1S/C13H20N2O3/c1-10(8-17-2)18-9-12-6-4-3-5-11(12)7-13(16)15-14/h3-6,10H,7-9,14H2,1-2H3,(H,15,16). The first-order valence-corrected chi connectivity index (χ1v) is 5.84. The molecule has 1 aromatic rings. The lowest BCUT2D eigenvalue weighted by atomic mass is 10.1. The van der Waals surface area contributed by atoms with Crippen LogP contribution in [-0.4, -0.2) is 25.7 Å². The summed E-state index contributed by atoms with van der Waals surface area (Å²) in [6.07, 6.45) is 0.278. The lowest BCUT2D eigenvalue weighted by Gasteiger charge is -2.14. The first-order chi connectivity index (χ1) is 8.67. The number of rotatable bonds is 7. The van der Waals surface area contributed by atoms with Crippen LogP contribution in [-0.2, 0) is 27.3 Å². The summed E-state index contributed by atoms with van der Waals surface area (Å²) in [7, 11) is 1.64. The van der Waals surface area contributed by atoms with E-state index in [1.165, 1.54) is 0 Å². The summed E-state index contributed by atoms with van der Waals surface area (Å²) in [5.74, 6) is 4.87. The van der Waals surface area contributed by atoms with Crippen molar-refractivity contribution in [2.24, 2.45) is 5.84 Å². The van der Waals surface area contributed by atoms with Crippen LogP contribution in [0.25, 0.3) is 0 Å². The molecule has 0 aliphatic heterocycles. The fraction of sp³-hybridized carbons (Fsp3) is 0.462. The molecule has 0 aliphatic rings. The smallest absolute Gasteiger partial charge is 0.238 e. The average Bonchev–Trinajstić information content (AvgIpc) is 2.38. The summed E-state index contributed by atoms with van der Waals surface area (Å²) in [5.41, 5.74) is 4.04. The molecule has 0 saturated carbocycles. The van der Waals surface area contributed by atoms with Gasteiger partial charge >= 0.3 is 0 Å². The number of methoxy groups -OCH3 is 1. The number of hydrogen-bond acceptors (Lipinski definition) is 4. The molecule has 0 radical (unpaired) electrons. The maximum atomic E-state index is 11.3. The zero-order chi connectivity index (χ0) is 13.4. The lowest BCUT2D eigenvalue weighted by Crippen LogP contribution is -2.31. The Morgan fingerprint density at radius 2 is 2.06 bits per heavy atom. The maximum Gasteiger partial charge on any atom is 0.238 e. The van der Waals surface area contributed by atoms with Gasteiger partial charge in [-0.3, -0.25) is 10.2 Å². The van der Waals surface area contributed by atoms with Crippen molar-refractivity contribution in [1.82, 2.24) is 5.43 Å². The normalized spacial score (nSPS) is 12.2. The van der Waals surface area contributed by atoms with E-state index in [1.54, 1.807) is 7.11 Å². The van der Waals surface area contributed by atoms with Crippen molar-refractivity contribution < 1.29 is 14.3 Å². The van der Waals surface area contributed by atoms with Crippen molar-refractivity contribution in [3.63, 3.8) is 0 Å². The van der Waals surface area contributed by atoms with E-state index in [-0.39, 0.29) is 18.4 Å². The SMILES string of the molecule is COCC(C)OCc1ccccc1CC(=O)NN. The Morgan fingerprint density at radius 1 is 1.39 bits per heavy atom. The van der Waals surface area contributed by atoms with Crippen molar-refractivity contribution >= 4 is 5.91 Å². The highest BCUT2D eigenvalue weighted by molar-refractivity contribution is 5.78. The van der Waals surface area contributed by atoms with Crippen molar-refractivity contribution in [2.75, 3.05) is 13.7 Å². The zero-order valence-electron chi connectivity index (χ0n) is 10.8. The summed E-state index contributed by atoms with van der Waals surface area (Å²) < 4.78 is 10.6. The van der Waals surface area contributed by atoms with Gasteiger partial charge < -0.3 is 9.47 Å². The van der Waals surface area contributed by atoms with Gasteiger partial charge in [-0.15, -0.1) is 0 Å². The molecule has 1 amide bonds. The number of hydrazine groups is 1. The second-order valence-corrected chi connectivity index (χ2v) is 4.09. The number of hydrogen-bond donors (Lipinski definition) is 2. The van der Waals surface area contributed by atoms with Gasteiger partial charge in [-0.2, -0.15) is 0 Å². The summed E-state index contributed by atoms with van der Waals surface area (Å²) in [6.45, 7) is 2.95. The molecule has 0 aliphatic carbocycles. The van der Waals surface area contributed by atoms with Crippen LogP contribution in [0.2, 0.25) is 0 Å². The van der Waals surface area contributed by atoms with Crippen LogP contribution in [0.5, 0.6) is 0 Å². The molecule has 18 heavy (non-hydrogen) atoms. The van der Waals surface area contributed by atoms with Crippen LogP contribution < -0.4 is 11.3 Å². The van der Waals surface area contributed by atoms with Gasteiger partial charge in [-0.25, -0.2) is 5.84 Å². The molecule has 5 heteroatoms. The fourth-order valence-corrected chi connectivity index (χ4v) is 1.61. The van der Waals surface area contributed by atoms with Crippen LogP contribution in [0.4, 0.5) is 0 Å². The van der Waals surface area contributed by atoms with Crippen LogP contribution in [0.3, 0.4) is 0 Å². The number of carbonyl (C=O) groups is 1. The number of nitrogens with one attached hydrogen (secondary N) is 1. The minimum atomic E-state index is -0.215. The van der Waals surface area contributed by atoms with Gasteiger partial charge in [0.25, 0.3) is 0 Å². The number of amides is 1. The molecule has 100 valence electrons. The van der Waals surface area contributed by atoms with Gasteiger partial charge in [0.1, 0.15) is 0 Å². The third kappa shape index (κ3) is 4.83. The largest absolute Gasteiger partial charge is 0.382 e. The number of ether oxygens (including phenoxy) is 2. The van der Waals surface area contributed by atoms with Crippen LogP contribution in [0, 0.1) is 0 Å². The number of nitrogens with two attached hydrogens (primary N) is 1. The molecule has 1 unspecified atom stereocenters. The molecular formula is C13H20N2O3. The van der Waals surface area contributed by atoms with Gasteiger partial charge in [0, 0.05) is 7.11 Å². The van der Waals surface area contributed by atoms with E-state index in [1.807, 2.05) is 31.2 Å².